The van der Waals surface area contributed by atoms with E-state index in [0.29, 0.717) is 12.6 Å². The Morgan fingerprint density at radius 3 is 2.38 bits per heavy atom. The Morgan fingerprint density at radius 1 is 1.38 bits per heavy atom. The van der Waals surface area contributed by atoms with E-state index in [-0.39, 0.29) is 5.91 Å². The summed E-state index contributed by atoms with van der Waals surface area (Å²) in [5, 5.41) is 0. The maximum absolute atomic E-state index is 10.9. The Labute approximate surface area is 110 Å². The predicted octanol–water partition coefficient (Wildman–Crippen LogP) is 1.99. The molecule has 1 rings (SSSR count). The van der Waals surface area contributed by atoms with Crippen molar-refractivity contribution in [3.05, 3.63) is 33.4 Å². The van der Waals surface area contributed by atoms with Gasteiger partial charge in [-0.2, -0.15) is 0 Å². The lowest BCUT2D eigenvalue weighted by Gasteiger charge is -2.24. The zero-order valence-corrected chi connectivity index (χ0v) is 11.8. The molecular formula is C12H17IN2O. The summed E-state index contributed by atoms with van der Waals surface area (Å²) in [4.78, 5) is 13.0. The highest BCUT2D eigenvalue weighted by Gasteiger charge is 2.12. The number of rotatable bonds is 5. The van der Waals surface area contributed by atoms with Crippen LogP contribution in [0.3, 0.4) is 0 Å². The minimum absolute atomic E-state index is 0.279. The van der Waals surface area contributed by atoms with Crippen LogP contribution in [0.15, 0.2) is 24.3 Å². The van der Waals surface area contributed by atoms with Crippen molar-refractivity contribution in [1.29, 1.82) is 0 Å². The molecule has 0 aliphatic heterocycles. The summed E-state index contributed by atoms with van der Waals surface area (Å²) < 4.78 is 1.22. The van der Waals surface area contributed by atoms with Gasteiger partial charge in [0.05, 0.1) is 6.54 Å². The molecule has 0 radical (unpaired) electrons. The number of nitrogens with two attached hydrogens (primary N) is 1. The van der Waals surface area contributed by atoms with Gasteiger partial charge in [0.2, 0.25) is 5.91 Å². The summed E-state index contributed by atoms with van der Waals surface area (Å²) in [5.41, 5.74) is 6.43. The van der Waals surface area contributed by atoms with E-state index in [2.05, 4.69) is 65.6 Å². The van der Waals surface area contributed by atoms with Gasteiger partial charge < -0.3 is 5.73 Å². The van der Waals surface area contributed by atoms with E-state index in [1.807, 2.05) is 0 Å². The fourth-order valence-electron chi connectivity index (χ4n) is 1.45. The molecular weight excluding hydrogens is 315 g/mol. The highest BCUT2D eigenvalue weighted by Crippen LogP contribution is 2.10. The second-order valence-electron chi connectivity index (χ2n) is 4.09. The summed E-state index contributed by atoms with van der Waals surface area (Å²) in [6.45, 7) is 5.20. The molecule has 0 atom stereocenters. The van der Waals surface area contributed by atoms with E-state index in [1.165, 1.54) is 9.13 Å². The molecule has 88 valence electrons. The molecule has 1 amide bonds. The summed E-state index contributed by atoms with van der Waals surface area (Å²) in [7, 11) is 0. The number of hydrogen-bond acceptors (Lipinski definition) is 2. The van der Waals surface area contributed by atoms with Crippen molar-refractivity contribution in [2.75, 3.05) is 6.54 Å². The molecule has 0 heterocycles. The number of halogens is 1. The standard InChI is InChI=1S/C12H17IN2O/c1-9(2)15(8-12(14)16)7-10-3-5-11(13)6-4-10/h3-6,9H,7-8H2,1-2H3,(H2,14,16). The van der Waals surface area contributed by atoms with Gasteiger partial charge >= 0.3 is 0 Å². The van der Waals surface area contributed by atoms with Crippen LogP contribution >= 0.6 is 22.6 Å². The first kappa shape index (κ1) is 13.4. The van der Waals surface area contributed by atoms with Gasteiger partial charge in [0.15, 0.2) is 0 Å². The smallest absolute Gasteiger partial charge is 0.231 e. The molecule has 0 aromatic heterocycles. The first-order chi connectivity index (χ1) is 7.49. The van der Waals surface area contributed by atoms with Crippen LogP contribution in [0.25, 0.3) is 0 Å². The van der Waals surface area contributed by atoms with E-state index >= 15 is 0 Å². The van der Waals surface area contributed by atoms with Gasteiger partial charge in [0, 0.05) is 16.2 Å². The number of hydrogen-bond donors (Lipinski definition) is 1. The first-order valence-electron chi connectivity index (χ1n) is 5.26. The van der Waals surface area contributed by atoms with Gasteiger partial charge in [-0.25, -0.2) is 0 Å². The van der Waals surface area contributed by atoms with Crippen LogP contribution in [0.2, 0.25) is 0 Å². The minimum atomic E-state index is -0.279. The summed E-state index contributed by atoms with van der Waals surface area (Å²) in [6.07, 6.45) is 0. The molecule has 0 unspecified atom stereocenters. The number of nitrogens with zero attached hydrogens (tertiary/aromatic N) is 1. The van der Waals surface area contributed by atoms with E-state index < -0.39 is 0 Å². The van der Waals surface area contributed by atoms with Crippen molar-refractivity contribution < 1.29 is 4.79 Å². The first-order valence-corrected chi connectivity index (χ1v) is 6.33. The van der Waals surface area contributed by atoms with Crippen molar-refractivity contribution in [1.82, 2.24) is 4.90 Å². The highest BCUT2D eigenvalue weighted by atomic mass is 127. The van der Waals surface area contributed by atoms with Crippen LogP contribution in [0.1, 0.15) is 19.4 Å². The fraction of sp³-hybridized carbons (Fsp3) is 0.417. The lowest BCUT2D eigenvalue weighted by molar-refractivity contribution is -0.119. The predicted molar refractivity (Wildman–Crippen MR) is 73.9 cm³/mol. The molecule has 1 aromatic carbocycles. The van der Waals surface area contributed by atoms with E-state index in [9.17, 15) is 4.79 Å². The maximum Gasteiger partial charge on any atom is 0.231 e. The molecule has 0 aliphatic carbocycles. The van der Waals surface area contributed by atoms with Crippen molar-refractivity contribution in [3.8, 4) is 0 Å². The Hall–Kier alpha value is -0.620. The SMILES string of the molecule is CC(C)N(CC(N)=O)Cc1ccc(I)cc1. The van der Waals surface area contributed by atoms with Crippen molar-refractivity contribution in [2.45, 2.75) is 26.4 Å². The van der Waals surface area contributed by atoms with Crippen LogP contribution in [-0.2, 0) is 11.3 Å². The van der Waals surface area contributed by atoms with E-state index in [0.717, 1.165) is 6.54 Å². The van der Waals surface area contributed by atoms with Crippen molar-refractivity contribution in [2.24, 2.45) is 5.73 Å². The molecule has 0 saturated carbocycles. The Balaban J connectivity index is 2.67. The highest BCUT2D eigenvalue weighted by molar-refractivity contribution is 14.1. The molecule has 16 heavy (non-hydrogen) atoms. The maximum atomic E-state index is 10.9. The van der Waals surface area contributed by atoms with Gasteiger partial charge in [-0.15, -0.1) is 0 Å². The summed E-state index contributed by atoms with van der Waals surface area (Å²) >= 11 is 2.28. The Bertz CT molecular complexity index is 349. The Morgan fingerprint density at radius 2 is 1.94 bits per heavy atom. The van der Waals surface area contributed by atoms with Gasteiger partial charge in [-0.1, -0.05) is 12.1 Å². The third-order valence-electron chi connectivity index (χ3n) is 2.39. The van der Waals surface area contributed by atoms with Gasteiger partial charge in [0.25, 0.3) is 0 Å². The monoisotopic (exact) mass is 332 g/mol. The van der Waals surface area contributed by atoms with Gasteiger partial charge in [-0.05, 0) is 54.1 Å². The lowest BCUT2D eigenvalue weighted by atomic mass is 10.2. The average Bonchev–Trinajstić information content (AvgIpc) is 2.19. The number of primary amides is 1. The quantitative estimate of drug-likeness (QED) is 0.839. The molecule has 3 nitrogen and oxygen atoms in total. The second-order valence-corrected chi connectivity index (χ2v) is 5.34. The molecule has 0 spiro atoms. The van der Waals surface area contributed by atoms with Crippen molar-refractivity contribution >= 4 is 28.5 Å². The number of carbonyl (C=O) groups is 1. The normalized spacial score (nSPS) is 11.1. The van der Waals surface area contributed by atoms with Crippen LogP contribution in [0.5, 0.6) is 0 Å². The molecule has 0 bridgehead atoms. The molecule has 0 saturated heterocycles. The molecule has 0 aliphatic rings. The fourth-order valence-corrected chi connectivity index (χ4v) is 1.81. The van der Waals surface area contributed by atoms with Crippen LogP contribution in [0, 0.1) is 3.57 Å². The van der Waals surface area contributed by atoms with Crippen LogP contribution < -0.4 is 5.73 Å². The third kappa shape index (κ3) is 4.49. The molecule has 2 N–H and O–H groups in total. The zero-order chi connectivity index (χ0) is 12.1. The van der Waals surface area contributed by atoms with E-state index in [4.69, 9.17) is 5.73 Å². The van der Waals surface area contributed by atoms with Crippen LogP contribution in [-0.4, -0.2) is 23.4 Å². The number of amides is 1. The van der Waals surface area contributed by atoms with Crippen LogP contribution in [0.4, 0.5) is 0 Å². The topological polar surface area (TPSA) is 46.3 Å². The van der Waals surface area contributed by atoms with E-state index in [1.54, 1.807) is 0 Å². The summed E-state index contributed by atoms with van der Waals surface area (Å²) in [5.74, 6) is -0.279. The van der Waals surface area contributed by atoms with Crippen molar-refractivity contribution in [3.63, 3.8) is 0 Å². The minimum Gasteiger partial charge on any atom is -0.369 e. The average molecular weight is 332 g/mol. The number of carbonyl (C=O) groups excluding carboxylic acids is 1. The largest absolute Gasteiger partial charge is 0.369 e. The number of benzene rings is 1. The molecule has 0 fully saturated rings. The third-order valence-corrected chi connectivity index (χ3v) is 3.11. The lowest BCUT2D eigenvalue weighted by Crippen LogP contribution is -2.37. The van der Waals surface area contributed by atoms with Gasteiger partial charge in [0.1, 0.15) is 0 Å². The Kier molecular flexibility index (Phi) is 5.21. The molecule has 1 aromatic rings. The second kappa shape index (κ2) is 6.20. The molecule has 4 heteroatoms. The zero-order valence-electron chi connectivity index (χ0n) is 9.61. The summed E-state index contributed by atoms with van der Waals surface area (Å²) in [6, 6.07) is 8.61. The van der Waals surface area contributed by atoms with Gasteiger partial charge in [-0.3, -0.25) is 9.69 Å².